The highest BCUT2D eigenvalue weighted by Crippen LogP contribution is 2.30. The molecule has 1 unspecified atom stereocenters. The standard InChI is InChI=1S/C15H15N3O/c1-2-14(19)18-8-7-11(9-18)15-12-5-3-4-6-13(12)16-10-17-15/h2-6,10-11H,1,7-9H2. The van der Waals surface area contributed by atoms with E-state index in [4.69, 9.17) is 0 Å². The topological polar surface area (TPSA) is 46.1 Å². The highest BCUT2D eigenvalue weighted by atomic mass is 16.2. The summed E-state index contributed by atoms with van der Waals surface area (Å²) >= 11 is 0. The number of benzene rings is 1. The third-order valence-corrected chi connectivity index (χ3v) is 3.63. The maximum absolute atomic E-state index is 11.6. The highest BCUT2D eigenvalue weighted by molar-refractivity contribution is 5.87. The number of hydrogen-bond acceptors (Lipinski definition) is 3. The molecule has 1 saturated heterocycles. The van der Waals surface area contributed by atoms with Crippen molar-refractivity contribution in [3.63, 3.8) is 0 Å². The average molecular weight is 253 g/mol. The smallest absolute Gasteiger partial charge is 0.245 e. The van der Waals surface area contributed by atoms with Gasteiger partial charge in [-0.15, -0.1) is 0 Å². The molecular formula is C15H15N3O. The minimum absolute atomic E-state index is 0.000798. The molecule has 0 radical (unpaired) electrons. The minimum atomic E-state index is 0.000798. The Bertz CT molecular complexity index is 633. The van der Waals surface area contributed by atoms with Crippen LogP contribution in [0.4, 0.5) is 0 Å². The zero-order valence-electron chi connectivity index (χ0n) is 10.6. The summed E-state index contributed by atoms with van der Waals surface area (Å²) in [6, 6.07) is 8.00. The van der Waals surface area contributed by atoms with E-state index in [1.807, 2.05) is 29.2 Å². The number of rotatable bonds is 2. The molecule has 0 aliphatic carbocycles. The van der Waals surface area contributed by atoms with Crippen LogP contribution in [0.3, 0.4) is 0 Å². The molecule has 1 aromatic heterocycles. The van der Waals surface area contributed by atoms with Crippen molar-refractivity contribution in [3.05, 3.63) is 48.9 Å². The molecule has 0 spiro atoms. The predicted octanol–water partition coefficient (Wildman–Crippen LogP) is 2.13. The van der Waals surface area contributed by atoms with Crippen LogP contribution in [-0.2, 0) is 4.79 Å². The van der Waals surface area contributed by atoms with Crippen LogP contribution >= 0.6 is 0 Å². The van der Waals surface area contributed by atoms with E-state index in [0.717, 1.165) is 29.6 Å². The van der Waals surface area contributed by atoms with E-state index in [1.165, 1.54) is 6.08 Å². The summed E-state index contributed by atoms with van der Waals surface area (Å²) in [6.07, 6.45) is 3.93. The van der Waals surface area contributed by atoms with Gasteiger partial charge in [0.25, 0.3) is 0 Å². The molecule has 96 valence electrons. The van der Waals surface area contributed by atoms with Crippen molar-refractivity contribution in [3.8, 4) is 0 Å². The van der Waals surface area contributed by atoms with Crippen LogP contribution in [0.2, 0.25) is 0 Å². The lowest BCUT2D eigenvalue weighted by Gasteiger charge is -2.14. The lowest BCUT2D eigenvalue weighted by atomic mass is 10.0. The van der Waals surface area contributed by atoms with Gasteiger partial charge in [0.1, 0.15) is 6.33 Å². The van der Waals surface area contributed by atoms with Gasteiger partial charge < -0.3 is 4.90 Å². The number of carbonyl (C=O) groups excluding carboxylic acids is 1. The van der Waals surface area contributed by atoms with Crippen molar-refractivity contribution in [1.82, 2.24) is 14.9 Å². The number of amides is 1. The fourth-order valence-corrected chi connectivity index (χ4v) is 2.66. The van der Waals surface area contributed by atoms with Crippen molar-refractivity contribution >= 4 is 16.8 Å². The summed E-state index contributed by atoms with van der Waals surface area (Å²) in [6.45, 7) is 5.02. The second-order valence-electron chi connectivity index (χ2n) is 4.75. The Labute approximate surface area is 111 Å². The van der Waals surface area contributed by atoms with Crippen LogP contribution in [-0.4, -0.2) is 33.9 Å². The van der Waals surface area contributed by atoms with Crippen molar-refractivity contribution in [1.29, 1.82) is 0 Å². The lowest BCUT2D eigenvalue weighted by Crippen LogP contribution is -2.26. The van der Waals surface area contributed by atoms with Crippen LogP contribution in [0.1, 0.15) is 18.0 Å². The quantitative estimate of drug-likeness (QED) is 0.770. The molecule has 1 aliphatic rings. The van der Waals surface area contributed by atoms with E-state index in [1.54, 1.807) is 6.33 Å². The van der Waals surface area contributed by atoms with Gasteiger partial charge in [0.2, 0.25) is 5.91 Å². The number of para-hydroxylation sites is 1. The number of likely N-dealkylation sites (tertiary alicyclic amines) is 1. The van der Waals surface area contributed by atoms with Gasteiger partial charge in [-0.1, -0.05) is 24.8 Å². The minimum Gasteiger partial charge on any atom is -0.338 e. The predicted molar refractivity (Wildman–Crippen MR) is 73.7 cm³/mol. The van der Waals surface area contributed by atoms with E-state index >= 15 is 0 Å². The van der Waals surface area contributed by atoms with Crippen LogP contribution in [0.5, 0.6) is 0 Å². The Hall–Kier alpha value is -2.23. The van der Waals surface area contributed by atoms with Gasteiger partial charge in [0.05, 0.1) is 11.2 Å². The molecule has 0 bridgehead atoms. The molecule has 1 amide bonds. The Kier molecular flexibility index (Phi) is 2.99. The molecule has 4 nitrogen and oxygen atoms in total. The van der Waals surface area contributed by atoms with Gasteiger partial charge in [-0.05, 0) is 18.6 Å². The van der Waals surface area contributed by atoms with Gasteiger partial charge in [-0.25, -0.2) is 9.97 Å². The van der Waals surface area contributed by atoms with Crippen molar-refractivity contribution < 1.29 is 4.79 Å². The fourth-order valence-electron chi connectivity index (χ4n) is 2.66. The first-order valence-electron chi connectivity index (χ1n) is 6.40. The molecule has 0 saturated carbocycles. The Balaban J connectivity index is 1.94. The van der Waals surface area contributed by atoms with E-state index in [9.17, 15) is 4.79 Å². The monoisotopic (exact) mass is 253 g/mol. The van der Waals surface area contributed by atoms with Gasteiger partial charge in [-0.3, -0.25) is 4.79 Å². The highest BCUT2D eigenvalue weighted by Gasteiger charge is 2.28. The largest absolute Gasteiger partial charge is 0.338 e. The molecule has 1 atom stereocenters. The number of aromatic nitrogens is 2. The van der Waals surface area contributed by atoms with E-state index in [2.05, 4.69) is 16.5 Å². The van der Waals surface area contributed by atoms with Crippen LogP contribution < -0.4 is 0 Å². The summed E-state index contributed by atoms with van der Waals surface area (Å²) in [5, 5.41) is 1.09. The third-order valence-electron chi connectivity index (χ3n) is 3.63. The van der Waals surface area contributed by atoms with Crippen LogP contribution in [0.15, 0.2) is 43.2 Å². The molecule has 3 rings (SSSR count). The van der Waals surface area contributed by atoms with Gasteiger partial charge in [0, 0.05) is 24.4 Å². The molecule has 0 N–H and O–H groups in total. The van der Waals surface area contributed by atoms with Gasteiger partial charge in [-0.2, -0.15) is 0 Å². The second-order valence-corrected chi connectivity index (χ2v) is 4.75. The molecule has 19 heavy (non-hydrogen) atoms. The Morgan fingerprint density at radius 2 is 2.21 bits per heavy atom. The first-order chi connectivity index (χ1) is 9.29. The number of hydrogen-bond donors (Lipinski definition) is 0. The lowest BCUT2D eigenvalue weighted by molar-refractivity contribution is -0.125. The zero-order chi connectivity index (χ0) is 13.2. The average Bonchev–Trinajstić information content (AvgIpc) is 2.95. The number of nitrogens with zero attached hydrogens (tertiary/aromatic N) is 3. The number of carbonyl (C=O) groups is 1. The van der Waals surface area contributed by atoms with Crippen molar-refractivity contribution in [2.75, 3.05) is 13.1 Å². The SMILES string of the molecule is C=CC(=O)N1CCC(c2ncnc3ccccc23)C1. The third kappa shape index (κ3) is 2.10. The molecule has 4 heteroatoms. The summed E-state index contributed by atoms with van der Waals surface area (Å²) < 4.78 is 0. The van der Waals surface area contributed by atoms with E-state index in [-0.39, 0.29) is 11.8 Å². The Morgan fingerprint density at radius 1 is 1.37 bits per heavy atom. The maximum atomic E-state index is 11.6. The summed E-state index contributed by atoms with van der Waals surface area (Å²) in [7, 11) is 0. The van der Waals surface area contributed by atoms with E-state index in [0.29, 0.717) is 6.54 Å². The summed E-state index contributed by atoms with van der Waals surface area (Å²) in [4.78, 5) is 22.2. The van der Waals surface area contributed by atoms with Crippen LogP contribution in [0.25, 0.3) is 10.9 Å². The van der Waals surface area contributed by atoms with Crippen molar-refractivity contribution in [2.24, 2.45) is 0 Å². The number of fused-ring (bicyclic) bond motifs is 1. The molecule has 2 heterocycles. The van der Waals surface area contributed by atoms with Crippen molar-refractivity contribution in [2.45, 2.75) is 12.3 Å². The molecule has 1 fully saturated rings. The summed E-state index contributed by atoms with van der Waals surface area (Å²) in [5.74, 6) is 0.290. The first-order valence-corrected chi connectivity index (χ1v) is 6.40. The zero-order valence-corrected chi connectivity index (χ0v) is 10.6. The normalized spacial score (nSPS) is 18.7. The maximum Gasteiger partial charge on any atom is 0.245 e. The molecule has 1 aromatic carbocycles. The fraction of sp³-hybridized carbons (Fsp3) is 0.267. The van der Waals surface area contributed by atoms with Crippen LogP contribution in [0, 0.1) is 0 Å². The van der Waals surface area contributed by atoms with E-state index < -0.39 is 0 Å². The molecule has 1 aliphatic heterocycles. The second kappa shape index (κ2) is 4.80. The molecular weight excluding hydrogens is 238 g/mol. The Morgan fingerprint density at radius 3 is 3.05 bits per heavy atom. The summed E-state index contributed by atoms with van der Waals surface area (Å²) in [5.41, 5.74) is 2.01. The molecule has 2 aromatic rings. The first kappa shape index (κ1) is 11.8. The van der Waals surface area contributed by atoms with Gasteiger partial charge >= 0.3 is 0 Å². The van der Waals surface area contributed by atoms with Gasteiger partial charge in [0.15, 0.2) is 0 Å².